The van der Waals surface area contributed by atoms with Gasteiger partial charge in [-0.05, 0) is 48.5 Å². The van der Waals surface area contributed by atoms with E-state index in [-0.39, 0.29) is 23.1 Å². The fourth-order valence-electron chi connectivity index (χ4n) is 2.24. The van der Waals surface area contributed by atoms with Crippen molar-refractivity contribution in [3.8, 4) is 22.9 Å². The number of alkyl halides is 3. The number of anilines is 1. The Labute approximate surface area is 151 Å². The molecule has 4 N–H and O–H groups in total. The second-order valence-electron chi connectivity index (χ2n) is 5.51. The monoisotopic (exact) mass is 374 g/mol. The van der Waals surface area contributed by atoms with Crippen LogP contribution in [0.2, 0.25) is 0 Å². The minimum absolute atomic E-state index is 0.0115. The molecule has 9 heteroatoms. The highest BCUT2D eigenvalue weighted by Gasteiger charge is 2.30. The van der Waals surface area contributed by atoms with Crippen LogP contribution in [-0.4, -0.2) is 15.9 Å². The Kier molecular flexibility index (Phi) is 4.68. The van der Waals surface area contributed by atoms with E-state index >= 15 is 0 Å². The van der Waals surface area contributed by atoms with E-state index in [9.17, 15) is 18.0 Å². The van der Waals surface area contributed by atoms with Crippen LogP contribution in [0.3, 0.4) is 0 Å². The van der Waals surface area contributed by atoms with E-state index in [1.807, 2.05) is 0 Å². The van der Waals surface area contributed by atoms with Gasteiger partial charge in [0.05, 0.1) is 5.56 Å². The summed E-state index contributed by atoms with van der Waals surface area (Å²) in [4.78, 5) is 19.3. The number of benzene rings is 2. The lowest BCUT2D eigenvalue weighted by molar-refractivity contribution is -0.137. The van der Waals surface area contributed by atoms with Gasteiger partial charge in [-0.2, -0.15) is 13.2 Å². The largest absolute Gasteiger partial charge is 0.457 e. The number of primary amides is 1. The Balaban J connectivity index is 1.79. The van der Waals surface area contributed by atoms with Crippen molar-refractivity contribution in [3.05, 3.63) is 65.9 Å². The minimum atomic E-state index is -4.40. The molecule has 0 aliphatic rings. The maximum atomic E-state index is 12.6. The van der Waals surface area contributed by atoms with Gasteiger partial charge in [-0.25, -0.2) is 9.97 Å². The number of carbonyl (C=O) groups excluding carboxylic acids is 1. The summed E-state index contributed by atoms with van der Waals surface area (Å²) in [5, 5.41) is 0. The van der Waals surface area contributed by atoms with Crippen LogP contribution in [0.1, 0.15) is 16.1 Å². The fourth-order valence-corrected chi connectivity index (χ4v) is 2.24. The fraction of sp³-hybridized carbons (Fsp3) is 0.0556. The molecule has 1 heterocycles. The summed E-state index contributed by atoms with van der Waals surface area (Å²) in [7, 11) is 0. The Bertz CT molecular complexity index is 971. The molecule has 6 nitrogen and oxygen atoms in total. The van der Waals surface area contributed by atoms with Crippen LogP contribution >= 0.6 is 0 Å². The molecule has 0 fully saturated rings. The predicted octanol–water partition coefficient (Wildman–Crippen LogP) is 3.64. The van der Waals surface area contributed by atoms with Gasteiger partial charge in [0.1, 0.15) is 23.0 Å². The van der Waals surface area contributed by atoms with Crippen LogP contribution in [0.5, 0.6) is 11.5 Å². The first kappa shape index (κ1) is 18.2. The van der Waals surface area contributed by atoms with Gasteiger partial charge in [0, 0.05) is 11.6 Å². The van der Waals surface area contributed by atoms with Gasteiger partial charge >= 0.3 is 6.18 Å². The highest BCUT2D eigenvalue weighted by Crippen LogP contribution is 2.31. The molecule has 27 heavy (non-hydrogen) atoms. The highest BCUT2D eigenvalue weighted by molar-refractivity contribution is 5.91. The molecule has 0 unspecified atom stereocenters. The lowest BCUT2D eigenvalue weighted by Crippen LogP contribution is -2.14. The Morgan fingerprint density at radius 2 is 1.48 bits per heavy atom. The molecule has 3 aromatic rings. The van der Waals surface area contributed by atoms with Gasteiger partial charge in [0.25, 0.3) is 5.91 Å². The van der Waals surface area contributed by atoms with Gasteiger partial charge in [0.15, 0.2) is 5.82 Å². The zero-order chi connectivity index (χ0) is 19.6. The molecule has 0 bridgehead atoms. The Morgan fingerprint density at radius 3 is 2.00 bits per heavy atom. The lowest BCUT2D eigenvalue weighted by Gasteiger charge is -2.09. The van der Waals surface area contributed by atoms with Crippen molar-refractivity contribution < 1.29 is 22.7 Å². The molecular weight excluding hydrogens is 361 g/mol. The van der Waals surface area contributed by atoms with E-state index in [1.54, 1.807) is 24.3 Å². The minimum Gasteiger partial charge on any atom is -0.457 e. The summed E-state index contributed by atoms with van der Waals surface area (Å²) in [5.41, 5.74) is 10.6. The first-order chi connectivity index (χ1) is 12.7. The van der Waals surface area contributed by atoms with Crippen LogP contribution < -0.4 is 16.2 Å². The van der Waals surface area contributed by atoms with E-state index < -0.39 is 17.6 Å². The second-order valence-corrected chi connectivity index (χ2v) is 5.51. The van der Waals surface area contributed by atoms with Crippen molar-refractivity contribution >= 4 is 11.7 Å². The van der Waals surface area contributed by atoms with Crippen molar-refractivity contribution in [2.45, 2.75) is 6.18 Å². The molecule has 0 saturated heterocycles. The average molecular weight is 374 g/mol. The van der Waals surface area contributed by atoms with Gasteiger partial charge in [0.2, 0.25) is 0 Å². The van der Waals surface area contributed by atoms with Crippen LogP contribution in [-0.2, 0) is 6.18 Å². The molecule has 0 saturated carbocycles. The van der Waals surface area contributed by atoms with Crippen molar-refractivity contribution in [2.24, 2.45) is 5.73 Å². The summed E-state index contributed by atoms with van der Waals surface area (Å²) in [6, 6.07) is 12.0. The number of nitrogen functional groups attached to an aromatic ring is 1. The number of hydrogen-bond acceptors (Lipinski definition) is 5. The molecule has 0 radical (unpaired) electrons. The normalized spacial score (nSPS) is 11.2. The molecule has 0 atom stereocenters. The maximum Gasteiger partial charge on any atom is 0.416 e. The number of carbonyl (C=O) groups is 1. The maximum absolute atomic E-state index is 12.6. The Hall–Kier alpha value is -3.62. The molecule has 1 aromatic heterocycles. The van der Waals surface area contributed by atoms with Gasteiger partial charge in [-0.1, -0.05) is 0 Å². The first-order valence-electron chi connectivity index (χ1n) is 7.62. The molecule has 1 amide bonds. The quantitative estimate of drug-likeness (QED) is 0.726. The summed E-state index contributed by atoms with van der Waals surface area (Å²) in [6.45, 7) is 0. The van der Waals surface area contributed by atoms with Crippen molar-refractivity contribution in [3.63, 3.8) is 0 Å². The van der Waals surface area contributed by atoms with E-state index in [0.29, 0.717) is 11.3 Å². The number of nitrogens with zero attached hydrogens (tertiary/aromatic N) is 2. The summed E-state index contributed by atoms with van der Waals surface area (Å²) < 4.78 is 43.2. The highest BCUT2D eigenvalue weighted by atomic mass is 19.4. The second kappa shape index (κ2) is 6.94. The lowest BCUT2D eigenvalue weighted by atomic mass is 10.2. The third-order valence-corrected chi connectivity index (χ3v) is 3.53. The topological polar surface area (TPSA) is 104 Å². The zero-order valence-corrected chi connectivity index (χ0v) is 13.7. The molecular formula is C18H13F3N4O2. The van der Waals surface area contributed by atoms with Crippen LogP contribution in [0.15, 0.2) is 54.6 Å². The number of amides is 1. The smallest absolute Gasteiger partial charge is 0.416 e. The van der Waals surface area contributed by atoms with Gasteiger partial charge in [-0.15, -0.1) is 0 Å². The van der Waals surface area contributed by atoms with Crippen LogP contribution in [0.25, 0.3) is 11.4 Å². The number of hydrogen-bond donors (Lipinski definition) is 2. The van der Waals surface area contributed by atoms with E-state index in [1.165, 1.54) is 18.2 Å². The standard InChI is InChI=1S/C18H13F3N4O2/c19-18(20,21)11-3-7-13(8-4-11)27-12-5-1-10(2-6-12)17-24-14(16(23)26)9-15(22)25-17/h1-9H,(H2,23,26)(H2,22,24,25). The zero-order valence-electron chi connectivity index (χ0n) is 13.7. The molecule has 0 aliphatic heterocycles. The first-order valence-corrected chi connectivity index (χ1v) is 7.62. The SMILES string of the molecule is NC(=O)c1cc(N)nc(-c2ccc(Oc3ccc(C(F)(F)F)cc3)cc2)n1. The van der Waals surface area contributed by atoms with E-state index in [2.05, 4.69) is 9.97 Å². The number of halogens is 3. The number of ether oxygens (including phenoxy) is 1. The Morgan fingerprint density at radius 1 is 0.926 bits per heavy atom. The predicted molar refractivity (Wildman–Crippen MR) is 91.9 cm³/mol. The summed E-state index contributed by atoms with van der Waals surface area (Å²) in [6.07, 6.45) is -4.40. The summed E-state index contributed by atoms with van der Waals surface area (Å²) in [5.74, 6) is 0.237. The van der Waals surface area contributed by atoms with E-state index in [4.69, 9.17) is 16.2 Å². The van der Waals surface area contributed by atoms with Crippen molar-refractivity contribution in [2.75, 3.05) is 5.73 Å². The molecule has 0 aliphatic carbocycles. The number of nitrogens with two attached hydrogens (primary N) is 2. The van der Waals surface area contributed by atoms with Gasteiger partial charge in [-0.3, -0.25) is 4.79 Å². The molecule has 0 spiro atoms. The molecule has 3 rings (SSSR count). The number of aromatic nitrogens is 2. The van der Waals surface area contributed by atoms with Crippen LogP contribution in [0, 0.1) is 0 Å². The average Bonchev–Trinajstić information content (AvgIpc) is 2.61. The molecule has 2 aromatic carbocycles. The van der Waals surface area contributed by atoms with Crippen molar-refractivity contribution in [1.29, 1.82) is 0 Å². The molecule has 138 valence electrons. The third kappa shape index (κ3) is 4.32. The third-order valence-electron chi connectivity index (χ3n) is 3.53. The summed E-state index contributed by atoms with van der Waals surface area (Å²) >= 11 is 0. The van der Waals surface area contributed by atoms with Crippen molar-refractivity contribution in [1.82, 2.24) is 9.97 Å². The van der Waals surface area contributed by atoms with E-state index in [0.717, 1.165) is 12.1 Å². The van der Waals surface area contributed by atoms with Crippen LogP contribution in [0.4, 0.5) is 19.0 Å². The number of rotatable bonds is 4. The van der Waals surface area contributed by atoms with Gasteiger partial charge < -0.3 is 16.2 Å².